The molecule has 0 saturated carbocycles. The third-order valence-electron chi connectivity index (χ3n) is 5.87. The second-order valence-electron chi connectivity index (χ2n) is 9.53. The van der Waals surface area contributed by atoms with Crippen LogP contribution in [0.5, 0.6) is 0 Å². The van der Waals surface area contributed by atoms with Crippen LogP contribution in [0.25, 0.3) is 11.3 Å². The minimum absolute atomic E-state index is 0.242. The minimum atomic E-state index is -3.58. The summed E-state index contributed by atoms with van der Waals surface area (Å²) in [5, 5.41) is 6.16. The number of carbonyl (C=O) groups is 2. The van der Waals surface area contributed by atoms with Crippen LogP contribution in [0.4, 0.5) is 17.1 Å². The van der Waals surface area contributed by atoms with Crippen LogP contribution in [-0.4, -0.2) is 33.2 Å². The normalized spacial score (nSPS) is 14.4. The molecule has 198 valence electrons. The van der Waals surface area contributed by atoms with Crippen LogP contribution in [0.2, 0.25) is 0 Å². The molecule has 0 aliphatic carbocycles. The summed E-state index contributed by atoms with van der Waals surface area (Å²) in [5.74, 6) is -0.821. The van der Waals surface area contributed by atoms with E-state index in [9.17, 15) is 18.0 Å². The van der Waals surface area contributed by atoms with Gasteiger partial charge in [-0.15, -0.1) is 0 Å². The fourth-order valence-electron chi connectivity index (χ4n) is 4.26. The van der Waals surface area contributed by atoms with E-state index in [0.29, 0.717) is 45.0 Å². The van der Waals surface area contributed by atoms with Crippen molar-refractivity contribution in [3.05, 3.63) is 89.0 Å². The SMILES string of the molecule is CCOC(=O)c1ccc2c(c1)NC(=O)/C2=C(\Nc1ccc(C(C)(C)N)c(NS(C)(=O)=O)c1)c1ccccc1. The van der Waals surface area contributed by atoms with Crippen molar-refractivity contribution in [1.29, 1.82) is 0 Å². The Morgan fingerprint density at radius 1 is 1.03 bits per heavy atom. The molecule has 5 N–H and O–H groups in total. The van der Waals surface area contributed by atoms with Gasteiger partial charge in [-0.05, 0) is 56.2 Å². The Morgan fingerprint density at radius 3 is 2.37 bits per heavy atom. The van der Waals surface area contributed by atoms with E-state index in [2.05, 4.69) is 15.4 Å². The van der Waals surface area contributed by atoms with E-state index in [0.717, 1.165) is 11.8 Å². The van der Waals surface area contributed by atoms with Crippen LogP contribution in [0.15, 0.2) is 66.7 Å². The highest BCUT2D eigenvalue weighted by Gasteiger charge is 2.30. The number of anilines is 3. The zero-order valence-corrected chi connectivity index (χ0v) is 22.4. The summed E-state index contributed by atoms with van der Waals surface area (Å²) in [5.41, 5.74) is 10.0. The molecule has 1 heterocycles. The van der Waals surface area contributed by atoms with E-state index < -0.39 is 21.5 Å². The number of sulfonamides is 1. The Balaban J connectivity index is 1.85. The second-order valence-corrected chi connectivity index (χ2v) is 11.3. The van der Waals surface area contributed by atoms with Gasteiger partial charge in [-0.2, -0.15) is 0 Å². The van der Waals surface area contributed by atoms with Gasteiger partial charge in [0.2, 0.25) is 10.0 Å². The fourth-order valence-corrected chi connectivity index (χ4v) is 4.83. The monoisotopic (exact) mass is 534 g/mol. The molecule has 1 aliphatic rings. The summed E-state index contributed by atoms with van der Waals surface area (Å²) >= 11 is 0. The summed E-state index contributed by atoms with van der Waals surface area (Å²) in [4.78, 5) is 25.5. The lowest BCUT2D eigenvalue weighted by Crippen LogP contribution is -2.30. The number of benzene rings is 3. The summed E-state index contributed by atoms with van der Waals surface area (Å²) in [6.07, 6.45) is 1.07. The van der Waals surface area contributed by atoms with Gasteiger partial charge < -0.3 is 21.1 Å². The van der Waals surface area contributed by atoms with E-state index >= 15 is 0 Å². The zero-order chi connectivity index (χ0) is 27.7. The lowest BCUT2D eigenvalue weighted by molar-refractivity contribution is -0.110. The maximum atomic E-state index is 13.2. The van der Waals surface area contributed by atoms with Gasteiger partial charge in [0.1, 0.15) is 0 Å². The standard InChI is InChI=1S/C28H30N4O5S/c1-5-37-27(34)18-11-13-20-22(15-18)31-26(33)24(20)25(17-9-7-6-8-10-17)30-19-12-14-21(28(2,3)29)23(16-19)32-38(4,35)36/h6-16,30,32H,5,29H2,1-4H3,(H,31,33)/b25-24-. The molecule has 3 aromatic carbocycles. The van der Waals surface area contributed by atoms with Crippen LogP contribution < -0.4 is 21.1 Å². The number of nitrogens with one attached hydrogen (secondary N) is 3. The highest BCUT2D eigenvalue weighted by atomic mass is 32.2. The molecule has 0 bridgehead atoms. The summed E-state index contributed by atoms with van der Waals surface area (Å²) in [7, 11) is -3.58. The average Bonchev–Trinajstić information content (AvgIpc) is 3.16. The average molecular weight is 535 g/mol. The fraction of sp³-hybridized carbons (Fsp3) is 0.214. The van der Waals surface area contributed by atoms with Crippen molar-refractivity contribution in [2.45, 2.75) is 26.3 Å². The number of amides is 1. The van der Waals surface area contributed by atoms with E-state index in [1.165, 1.54) is 0 Å². The van der Waals surface area contributed by atoms with Crippen molar-refractivity contribution in [3.63, 3.8) is 0 Å². The number of hydrogen-bond donors (Lipinski definition) is 4. The smallest absolute Gasteiger partial charge is 0.338 e. The van der Waals surface area contributed by atoms with Crippen molar-refractivity contribution < 1.29 is 22.7 Å². The van der Waals surface area contributed by atoms with Gasteiger partial charge in [0, 0.05) is 16.8 Å². The summed E-state index contributed by atoms with van der Waals surface area (Å²) in [6, 6.07) is 19.4. The van der Waals surface area contributed by atoms with Gasteiger partial charge in [-0.1, -0.05) is 42.5 Å². The van der Waals surface area contributed by atoms with Gasteiger partial charge in [-0.3, -0.25) is 9.52 Å². The van der Waals surface area contributed by atoms with E-state index in [4.69, 9.17) is 10.5 Å². The van der Waals surface area contributed by atoms with Gasteiger partial charge >= 0.3 is 5.97 Å². The number of nitrogens with two attached hydrogens (primary N) is 1. The highest BCUT2D eigenvalue weighted by Crippen LogP contribution is 2.39. The Bertz CT molecular complexity index is 1540. The van der Waals surface area contributed by atoms with Crippen LogP contribution in [0, 0.1) is 0 Å². The third kappa shape index (κ3) is 5.87. The minimum Gasteiger partial charge on any atom is -0.462 e. The Labute approximate surface area is 222 Å². The summed E-state index contributed by atoms with van der Waals surface area (Å²) in [6.45, 7) is 5.53. The van der Waals surface area contributed by atoms with Gasteiger partial charge in [0.05, 0.1) is 41.1 Å². The Morgan fingerprint density at radius 2 is 1.74 bits per heavy atom. The van der Waals surface area contributed by atoms with Crippen molar-refractivity contribution in [2.24, 2.45) is 5.73 Å². The molecule has 10 heteroatoms. The number of carbonyl (C=O) groups excluding carboxylic acids is 2. The van der Waals surface area contributed by atoms with Gasteiger partial charge in [0.15, 0.2) is 0 Å². The van der Waals surface area contributed by atoms with Crippen molar-refractivity contribution >= 4 is 50.2 Å². The molecule has 9 nitrogen and oxygen atoms in total. The first-order valence-electron chi connectivity index (χ1n) is 12.0. The van der Waals surface area contributed by atoms with Crippen molar-refractivity contribution in [1.82, 2.24) is 0 Å². The van der Waals surface area contributed by atoms with Crippen molar-refractivity contribution in [3.8, 4) is 0 Å². The molecular weight excluding hydrogens is 504 g/mol. The van der Waals surface area contributed by atoms with Crippen LogP contribution >= 0.6 is 0 Å². The first-order valence-corrected chi connectivity index (χ1v) is 13.9. The quantitative estimate of drug-likeness (QED) is 0.249. The molecule has 0 fully saturated rings. The van der Waals surface area contributed by atoms with E-state index in [1.54, 1.807) is 57.2 Å². The molecule has 1 amide bonds. The number of ether oxygens (including phenoxy) is 1. The maximum absolute atomic E-state index is 13.2. The number of rotatable bonds is 8. The number of fused-ring (bicyclic) bond motifs is 1. The lowest BCUT2D eigenvalue weighted by Gasteiger charge is -2.24. The molecule has 0 aromatic heterocycles. The van der Waals surface area contributed by atoms with Crippen LogP contribution in [-0.2, 0) is 25.1 Å². The molecule has 0 saturated heterocycles. The predicted octanol–water partition coefficient (Wildman–Crippen LogP) is 4.36. The largest absolute Gasteiger partial charge is 0.462 e. The first-order chi connectivity index (χ1) is 17.9. The molecule has 0 unspecified atom stereocenters. The zero-order valence-electron chi connectivity index (χ0n) is 21.6. The predicted molar refractivity (Wildman–Crippen MR) is 150 cm³/mol. The topological polar surface area (TPSA) is 140 Å². The van der Waals surface area contributed by atoms with E-state index in [-0.39, 0.29) is 12.5 Å². The van der Waals surface area contributed by atoms with E-state index in [1.807, 2.05) is 30.3 Å². The number of hydrogen-bond acceptors (Lipinski definition) is 7. The molecular formula is C28H30N4O5S. The highest BCUT2D eigenvalue weighted by molar-refractivity contribution is 7.92. The first kappa shape index (κ1) is 26.9. The second kappa shape index (κ2) is 10.3. The van der Waals surface area contributed by atoms with Crippen molar-refractivity contribution in [2.75, 3.05) is 28.2 Å². The third-order valence-corrected chi connectivity index (χ3v) is 6.46. The maximum Gasteiger partial charge on any atom is 0.338 e. The molecule has 3 aromatic rings. The molecule has 0 radical (unpaired) electrons. The molecule has 1 aliphatic heterocycles. The van der Waals surface area contributed by atoms with Gasteiger partial charge in [0.25, 0.3) is 5.91 Å². The van der Waals surface area contributed by atoms with Crippen LogP contribution in [0.1, 0.15) is 47.8 Å². The number of esters is 1. The Hall–Kier alpha value is -4.15. The van der Waals surface area contributed by atoms with Gasteiger partial charge in [-0.25, -0.2) is 13.2 Å². The Kier molecular flexibility index (Phi) is 7.30. The molecule has 4 rings (SSSR count). The lowest BCUT2D eigenvalue weighted by atomic mass is 9.93. The van der Waals surface area contributed by atoms with Crippen LogP contribution in [0.3, 0.4) is 0 Å². The molecule has 0 atom stereocenters. The molecule has 0 spiro atoms. The summed E-state index contributed by atoms with van der Waals surface area (Å²) < 4.78 is 31.8. The molecule has 38 heavy (non-hydrogen) atoms.